The molecular weight excluding hydrogens is 246 g/mol. The maximum atomic E-state index is 5.91. The molecular formula is C18H23NO. The smallest absolute Gasteiger partial charge is 0.123 e. The Hall–Kier alpha value is -1.80. The minimum Gasteiger partial charge on any atom is -0.489 e. The van der Waals surface area contributed by atoms with Crippen molar-refractivity contribution in [3.05, 3.63) is 64.7 Å². The third-order valence-electron chi connectivity index (χ3n) is 3.53. The Kier molecular flexibility index (Phi) is 4.80. The van der Waals surface area contributed by atoms with E-state index < -0.39 is 0 Å². The first-order valence-electron chi connectivity index (χ1n) is 7.11. The maximum absolute atomic E-state index is 5.91. The summed E-state index contributed by atoms with van der Waals surface area (Å²) < 4.78 is 5.91. The number of rotatable bonds is 5. The number of hydrogen-bond acceptors (Lipinski definition) is 2. The Balaban J connectivity index is 2.04. The van der Waals surface area contributed by atoms with Crippen LogP contribution < -0.4 is 10.5 Å². The van der Waals surface area contributed by atoms with Crippen molar-refractivity contribution in [2.24, 2.45) is 5.73 Å². The SMILES string of the molecule is Cc1ccc(CN)cc1OCc1ccc(C(C)C)cc1. The highest BCUT2D eigenvalue weighted by Gasteiger charge is 2.03. The Bertz CT molecular complexity index is 558. The van der Waals surface area contributed by atoms with Crippen molar-refractivity contribution in [2.75, 3.05) is 0 Å². The first kappa shape index (κ1) is 14.6. The van der Waals surface area contributed by atoms with Gasteiger partial charge in [0.25, 0.3) is 0 Å². The van der Waals surface area contributed by atoms with Crippen molar-refractivity contribution in [1.29, 1.82) is 0 Å². The van der Waals surface area contributed by atoms with E-state index in [0.29, 0.717) is 19.1 Å². The summed E-state index contributed by atoms with van der Waals surface area (Å²) in [6, 6.07) is 14.7. The predicted octanol–water partition coefficient (Wildman–Crippen LogP) is 4.16. The molecule has 0 aliphatic rings. The summed E-state index contributed by atoms with van der Waals surface area (Å²) in [4.78, 5) is 0. The molecule has 0 radical (unpaired) electrons. The van der Waals surface area contributed by atoms with Gasteiger partial charge in [-0.25, -0.2) is 0 Å². The lowest BCUT2D eigenvalue weighted by Crippen LogP contribution is -2.01. The molecule has 0 aromatic heterocycles. The normalized spacial score (nSPS) is 10.8. The number of aryl methyl sites for hydroxylation is 1. The van der Waals surface area contributed by atoms with Crippen molar-refractivity contribution in [1.82, 2.24) is 0 Å². The lowest BCUT2D eigenvalue weighted by atomic mass is 10.0. The first-order valence-corrected chi connectivity index (χ1v) is 7.11. The summed E-state index contributed by atoms with van der Waals surface area (Å²) in [5.74, 6) is 1.48. The van der Waals surface area contributed by atoms with Crippen LogP contribution in [0, 0.1) is 6.92 Å². The van der Waals surface area contributed by atoms with Crippen LogP contribution in [0.25, 0.3) is 0 Å². The zero-order valence-electron chi connectivity index (χ0n) is 12.5. The van der Waals surface area contributed by atoms with Crippen LogP contribution in [-0.4, -0.2) is 0 Å². The molecule has 0 aliphatic heterocycles. The summed E-state index contributed by atoms with van der Waals surface area (Å²) in [6.45, 7) is 7.59. The van der Waals surface area contributed by atoms with Gasteiger partial charge in [-0.1, -0.05) is 50.2 Å². The zero-order chi connectivity index (χ0) is 14.5. The molecule has 106 valence electrons. The highest BCUT2D eigenvalue weighted by Crippen LogP contribution is 2.21. The number of ether oxygens (including phenoxy) is 1. The van der Waals surface area contributed by atoms with Crippen molar-refractivity contribution in [3.63, 3.8) is 0 Å². The summed E-state index contributed by atoms with van der Waals surface area (Å²) in [6.07, 6.45) is 0. The molecule has 2 nitrogen and oxygen atoms in total. The van der Waals surface area contributed by atoms with Gasteiger partial charge in [-0.3, -0.25) is 0 Å². The Labute approximate surface area is 121 Å². The highest BCUT2D eigenvalue weighted by molar-refractivity contribution is 5.37. The molecule has 0 unspecified atom stereocenters. The van der Waals surface area contributed by atoms with Gasteiger partial charge >= 0.3 is 0 Å². The third kappa shape index (κ3) is 3.61. The second-order valence-corrected chi connectivity index (χ2v) is 5.49. The van der Waals surface area contributed by atoms with Crippen molar-refractivity contribution >= 4 is 0 Å². The van der Waals surface area contributed by atoms with Gasteiger partial charge < -0.3 is 10.5 Å². The second-order valence-electron chi connectivity index (χ2n) is 5.49. The van der Waals surface area contributed by atoms with Gasteiger partial charge in [-0.15, -0.1) is 0 Å². The quantitative estimate of drug-likeness (QED) is 0.884. The summed E-state index contributed by atoms with van der Waals surface area (Å²) >= 11 is 0. The minimum atomic E-state index is 0.541. The lowest BCUT2D eigenvalue weighted by molar-refractivity contribution is 0.304. The van der Waals surface area contributed by atoms with Crippen LogP contribution in [0.3, 0.4) is 0 Å². The van der Waals surface area contributed by atoms with Crippen molar-refractivity contribution in [2.45, 2.75) is 39.8 Å². The average molecular weight is 269 g/mol. The molecule has 2 N–H and O–H groups in total. The van der Waals surface area contributed by atoms with E-state index in [4.69, 9.17) is 10.5 Å². The first-order chi connectivity index (χ1) is 9.60. The molecule has 0 saturated carbocycles. The van der Waals surface area contributed by atoms with Crippen LogP contribution in [0.5, 0.6) is 5.75 Å². The molecule has 0 atom stereocenters. The summed E-state index contributed by atoms with van der Waals surface area (Å²) in [5.41, 5.74) is 10.4. The maximum Gasteiger partial charge on any atom is 0.123 e. The van der Waals surface area contributed by atoms with E-state index in [1.165, 1.54) is 11.1 Å². The van der Waals surface area contributed by atoms with E-state index in [-0.39, 0.29) is 0 Å². The molecule has 0 aliphatic carbocycles. The Morgan fingerprint density at radius 1 is 1.00 bits per heavy atom. The molecule has 0 fully saturated rings. The fraction of sp³-hybridized carbons (Fsp3) is 0.333. The van der Waals surface area contributed by atoms with Crippen LogP contribution in [-0.2, 0) is 13.2 Å². The van der Waals surface area contributed by atoms with E-state index in [1.54, 1.807) is 0 Å². The van der Waals surface area contributed by atoms with Crippen LogP contribution in [0.4, 0.5) is 0 Å². The monoisotopic (exact) mass is 269 g/mol. The van der Waals surface area contributed by atoms with Gasteiger partial charge in [0.1, 0.15) is 12.4 Å². The van der Waals surface area contributed by atoms with E-state index in [1.807, 2.05) is 12.1 Å². The number of benzene rings is 2. The average Bonchev–Trinajstić information content (AvgIpc) is 2.47. The van der Waals surface area contributed by atoms with Gasteiger partial charge in [0.05, 0.1) is 0 Å². The predicted molar refractivity (Wildman–Crippen MR) is 83.9 cm³/mol. The minimum absolute atomic E-state index is 0.541. The van der Waals surface area contributed by atoms with E-state index >= 15 is 0 Å². The van der Waals surface area contributed by atoms with Crippen molar-refractivity contribution < 1.29 is 4.74 Å². The second kappa shape index (κ2) is 6.58. The van der Waals surface area contributed by atoms with Gasteiger partial charge in [-0.2, -0.15) is 0 Å². The van der Waals surface area contributed by atoms with Crippen molar-refractivity contribution in [3.8, 4) is 5.75 Å². The van der Waals surface area contributed by atoms with Gasteiger partial charge in [0.2, 0.25) is 0 Å². The van der Waals surface area contributed by atoms with Gasteiger partial charge in [0.15, 0.2) is 0 Å². The van der Waals surface area contributed by atoms with Crippen LogP contribution in [0.1, 0.15) is 42.0 Å². The van der Waals surface area contributed by atoms with E-state index in [2.05, 4.69) is 51.1 Å². The lowest BCUT2D eigenvalue weighted by Gasteiger charge is -2.11. The topological polar surface area (TPSA) is 35.2 Å². The van der Waals surface area contributed by atoms with Crippen LogP contribution in [0.15, 0.2) is 42.5 Å². The molecule has 20 heavy (non-hydrogen) atoms. The fourth-order valence-corrected chi connectivity index (χ4v) is 2.09. The fourth-order valence-electron chi connectivity index (χ4n) is 2.09. The molecule has 2 aromatic carbocycles. The molecule has 0 heterocycles. The zero-order valence-corrected chi connectivity index (χ0v) is 12.5. The Morgan fingerprint density at radius 3 is 2.25 bits per heavy atom. The number of nitrogens with two attached hydrogens (primary N) is 1. The summed E-state index contributed by atoms with van der Waals surface area (Å²) in [5, 5.41) is 0. The molecule has 0 spiro atoms. The molecule has 0 saturated heterocycles. The largest absolute Gasteiger partial charge is 0.489 e. The molecule has 2 aromatic rings. The van der Waals surface area contributed by atoms with Crippen LogP contribution >= 0.6 is 0 Å². The van der Waals surface area contributed by atoms with Crippen LogP contribution in [0.2, 0.25) is 0 Å². The molecule has 0 bridgehead atoms. The summed E-state index contributed by atoms with van der Waals surface area (Å²) in [7, 11) is 0. The van der Waals surface area contributed by atoms with Gasteiger partial charge in [0, 0.05) is 6.54 Å². The molecule has 2 heteroatoms. The van der Waals surface area contributed by atoms with Gasteiger partial charge in [-0.05, 0) is 41.2 Å². The molecule has 0 amide bonds. The standard InChI is InChI=1S/C18H23NO/c1-13(2)17-8-6-15(7-9-17)12-20-18-10-16(11-19)5-4-14(18)3/h4-10,13H,11-12,19H2,1-3H3. The Morgan fingerprint density at radius 2 is 1.65 bits per heavy atom. The highest BCUT2D eigenvalue weighted by atomic mass is 16.5. The van der Waals surface area contributed by atoms with E-state index in [0.717, 1.165) is 16.9 Å². The molecule has 2 rings (SSSR count). The third-order valence-corrected chi connectivity index (χ3v) is 3.53. The van der Waals surface area contributed by atoms with E-state index in [9.17, 15) is 0 Å². The number of hydrogen-bond donors (Lipinski definition) is 1.